The van der Waals surface area contributed by atoms with Gasteiger partial charge >= 0.3 is 0 Å². The van der Waals surface area contributed by atoms with Gasteiger partial charge in [0.05, 0.1) is 11.4 Å². The molecule has 1 aliphatic heterocycles. The van der Waals surface area contributed by atoms with E-state index in [1.165, 1.54) is 0 Å². The summed E-state index contributed by atoms with van der Waals surface area (Å²) in [5.74, 6) is 0.825. The Labute approximate surface area is 146 Å². The van der Waals surface area contributed by atoms with Crippen molar-refractivity contribution in [3.05, 3.63) is 59.4 Å². The lowest BCUT2D eigenvalue weighted by Gasteiger charge is -2.31. The first-order valence-electron chi connectivity index (χ1n) is 8.69. The lowest BCUT2D eigenvalue weighted by atomic mass is 9.93. The maximum absolute atomic E-state index is 12.9. The van der Waals surface area contributed by atoms with Crippen LogP contribution < -0.4 is 0 Å². The minimum Gasteiger partial charge on any atom is -0.451 e. The van der Waals surface area contributed by atoms with Gasteiger partial charge in [-0.25, -0.2) is 0 Å². The molecule has 1 aromatic carbocycles. The molecule has 0 bridgehead atoms. The number of aromatic nitrogens is 2. The van der Waals surface area contributed by atoms with E-state index in [1.807, 2.05) is 49.2 Å². The fourth-order valence-electron chi connectivity index (χ4n) is 3.58. The van der Waals surface area contributed by atoms with Gasteiger partial charge in [0.15, 0.2) is 5.76 Å². The molecule has 0 aliphatic carbocycles. The number of likely N-dealkylation sites (tertiary alicyclic amines) is 1. The number of piperidine rings is 1. The van der Waals surface area contributed by atoms with Gasteiger partial charge in [-0.2, -0.15) is 0 Å². The molecular weight excluding hydrogens is 314 g/mol. The molecule has 4 rings (SSSR count). The maximum Gasteiger partial charge on any atom is 0.289 e. The molecule has 128 valence electrons. The fraction of sp³-hybridized carbons (Fsp3) is 0.350. The number of carbonyl (C=O) groups is 1. The number of furan rings is 1. The number of para-hydroxylation sites is 1. The minimum absolute atomic E-state index is 0.0116. The van der Waals surface area contributed by atoms with Crippen molar-refractivity contribution < 1.29 is 9.21 Å². The van der Waals surface area contributed by atoms with Gasteiger partial charge in [0.1, 0.15) is 5.58 Å². The fourth-order valence-corrected chi connectivity index (χ4v) is 3.58. The zero-order valence-corrected chi connectivity index (χ0v) is 14.5. The molecule has 0 saturated carbocycles. The monoisotopic (exact) mass is 335 g/mol. The van der Waals surface area contributed by atoms with Gasteiger partial charge in [-0.1, -0.05) is 18.2 Å². The quantitative estimate of drug-likeness (QED) is 0.713. The second-order valence-electron chi connectivity index (χ2n) is 6.70. The van der Waals surface area contributed by atoms with Gasteiger partial charge in [0.25, 0.3) is 5.91 Å². The van der Waals surface area contributed by atoms with E-state index in [0.29, 0.717) is 11.7 Å². The third-order valence-electron chi connectivity index (χ3n) is 5.01. The topological polar surface area (TPSA) is 59.2 Å². The van der Waals surface area contributed by atoms with Crippen LogP contribution in [0.1, 0.15) is 46.3 Å². The minimum atomic E-state index is -0.0116. The summed E-state index contributed by atoms with van der Waals surface area (Å²) in [6.45, 7) is 5.35. The van der Waals surface area contributed by atoms with Crippen LogP contribution in [-0.2, 0) is 0 Å². The Morgan fingerprint density at radius 3 is 2.64 bits per heavy atom. The average Bonchev–Trinajstić information content (AvgIpc) is 2.98. The van der Waals surface area contributed by atoms with Gasteiger partial charge in [-0.15, -0.1) is 0 Å². The Hall–Kier alpha value is -2.69. The smallest absolute Gasteiger partial charge is 0.289 e. The number of nitrogens with zero attached hydrogens (tertiary/aromatic N) is 3. The predicted octanol–water partition coefficient (Wildman–Crippen LogP) is 3.86. The van der Waals surface area contributed by atoms with Gasteiger partial charge in [-0.05, 0) is 32.8 Å². The van der Waals surface area contributed by atoms with Crippen LogP contribution in [0.2, 0.25) is 0 Å². The number of aryl methyl sites for hydroxylation is 2. The molecule has 0 atom stereocenters. The van der Waals surface area contributed by atoms with Crippen LogP contribution in [0.25, 0.3) is 11.0 Å². The molecule has 1 aliphatic rings. The summed E-state index contributed by atoms with van der Waals surface area (Å²) < 4.78 is 5.83. The molecule has 5 heteroatoms. The lowest BCUT2D eigenvalue weighted by Crippen LogP contribution is -2.38. The Kier molecular flexibility index (Phi) is 3.99. The van der Waals surface area contributed by atoms with Gasteiger partial charge in [-0.3, -0.25) is 14.8 Å². The summed E-state index contributed by atoms with van der Waals surface area (Å²) in [6, 6.07) is 7.79. The normalized spacial score (nSPS) is 15.7. The highest BCUT2D eigenvalue weighted by Gasteiger charge is 2.28. The van der Waals surface area contributed by atoms with Gasteiger partial charge in [0, 0.05) is 42.4 Å². The SMILES string of the molecule is Cc1cncc(C2CCN(C(=O)c3oc4ccccc4c3C)CC2)n1. The molecule has 5 nitrogen and oxygen atoms in total. The van der Waals surface area contributed by atoms with E-state index in [0.717, 1.165) is 53.9 Å². The Morgan fingerprint density at radius 2 is 1.92 bits per heavy atom. The van der Waals surface area contributed by atoms with E-state index >= 15 is 0 Å². The van der Waals surface area contributed by atoms with Crippen LogP contribution in [0, 0.1) is 13.8 Å². The summed E-state index contributed by atoms with van der Waals surface area (Å²) in [4.78, 5) is 23.6. The Morgan fingerprint density at radius 1 is 1.16 bits per heavy atom. The molecule has 0 radical (unpaired) electrons. The highest BCUT2D eigenvalue weighted by molar-refractivity contribution is 5.98. The average molecular weight is 335 g/mol. The number of fused-ring (bicyclic) bond motifs is 1. The number of benzene rings is 1. The summed E-state index contributed by atoms with van der Waals surface area (Å²) in [5, 5.41) is 1.01. The standard InChI is InChI=1S/C20H21N3O2/c1-13-11-21-12-17(22-13)15-7-9-23(10-8-15)20(24)19-14(2)16-5-3-4-6-18(16)25-19/h3-6,11-12,15H,7-10H2,1-2H3. The number of rotatable bonds is 2. The number of carbonyl (C=O) groups excluding carboxylic acids is 1. The van der Waals surface area contributed by atoms with E-state index in [2.05, 4.69) is 9.97 Å². The molecule has 0 spiro atoms. The van der Waals surface area contributed by atoms with Gasteiger partial charge < -0.3 is 9.32 Å². The molecule has 25 heavy (non-hydrogen) atoms. The maximum atomic E-state index is 12.9. The van der Waals surface area contributed by atoms with Gasteiger partial charge in [0.2, 0.25) is 0 Å². The van der Waals surface area contributed by atoms with Crippen LogP contribution in [-0.4, -0.2) is 33.9 Å². The van der Waals surface area contributed by atoms with Crippen molar-refractivity contribution in [3.8, 4) is 0 Å². The van der Waals surface area contributed by atoms with Crippen molar-refractivity contribution in [1.29, 1.82) is 0 Å². The van der Waals surface area contributed by atoms with Crippen molar-refractivity contribution >= 4 is 16.9 Å². The summed E-state index contributed by atoms with van der Waals surface area (Å²) in [5.41, 5.74) is 3.67. The Balaban J connectivity index is 1.50. The van der Waals surface area contributed by atoms with E-state index in [-0.39, 0.29) is 5.91 Å². The lowest BCUT2D eigenvalue weighted by molar-refractivity contribution is 0.0681. The van der Waals surface area contributed by atoms with Crippen LogP contribution in [0.15, 0.2) is 41.1 Å². The molecule has 1 fully saturated rings. The third-order valence-corrected chi connectivity index (χ3v) is 5.01. The number of hydrogen-bond acceptors (Lipinski definition) is 4. The second-order valence-corrected chi connectivity index (χ2v) is 6.70. The molecule has 1 saturated heterocycles. The van der Waals surface area contributed by atoms with E-state index < -0.39 is 0 Å². The summed E-state index contributed by atoms with van der Waals surface area (Å²) in [7, 11) is 0. The van der Waals surface area contributed by atoms with Crippen LogP contribution in [0.3, 0.4) is 0 Å². The molecule has 2 aromatic heterocycles. The van der Waals surface area contributed by atoms with Crippen molar-refractivity contribution in [2.45, 2.75) is 32.6 Å². The second kappa shape index (κ2) is 6.31. The zero-order chi connectivity index (χ0) is 17.4. The highest BCUT2D eigenvalue weighted by Crippen LogP contribution is 2.30. The zero-order valence-electron chi connectivity index (χ0n) is 14.5. The molecule has 0 unspecified atom stereocenters. The van der Waals surface area contributed by atoms with Crippen LogP contribution >= 0.6 is 0 Å². The van der Waals surface area contributed by atoms with Crippen LogP contribution in [0.4, 0.5) is 0 Å². The van der Waals surface area contributed by atoms with Crippen molar-refractivity contribution in [1.82, 2.24) is 14.9 Å². The first-order valence-corrected chi connectivity index (χ1v) is 8.69. The first-order chi connectivity index (χ1) is 12.1. The van der Waals surface area contributed by atoms with E-state index in [1.54, 1.807) is 6.20 Å². The van der Waals surface area contributed by atoms with Crippen molar-refractivity contribution in [3.63, 3.8) is 0 Å². The molecule has 3 aromatic rings. The molecule has 3 heterocycles. The van der Waals surface area contributed by atoms with Crippen molar-refractivity contribution in [2.24, 2.45) is 0 Å². The van der Waals surface area contributed by atoms with Crippen LogP contribution in [0.5, 0.6) is 0 Å². The largest absolute Gasteiger partial charge is 0.451 e. The number of hydrogen-bond donors (Lipinski definition) is 0. The molecule has 0 N–H and O–H groups in total. The van der Waals surface area contributed by atoms with E-state index in [4.69, 9.17) is 4.42 Å². The molecular formula is C20H21N3O2. The number of amides is 1. The van der Waals surface area contributed by atoms with E-state index in [9.17, 15) is 4.79 Å². The predicted molar refractivity (Wildman–Crippen MR) is 95.6 cm³/mol. The third kappa shape index (κ3) is 2.90. The Bertz CT molecular complexity index is 924. The summed E-state index contributed by atoms with van der Waals surface area (Å²) >= 11 is 0. The first kappa shape index (κ1) is 15.8. The van der Waals surface area contributed by atoms with Crippen molar-refractivity contribution in [2.75, 3.05) is 13.1 Å². The molecule has 1 amide bonds. The summed E-state index contributed by atoms with van der Waals surface area (Å²) in [6.07, 6.45) is 5.43. The highest BCUT2D eigenvalue weighted by atomic mass is 16.3.